The van der Waals surface area contributed by atoms with Gasteiger partial charge >= 0.3 is 0 Å². The van der Waals surface area contributed by atoms with Gasteiger partial charge in [-0.05, 0) is 19.3 Å². The summed E-state index contributed by atoms with van der Waals surface area (Å²) in [4.78, 5) is 19.7. The zero-order chi connectivity index (χ0) is 17.1. The minimum absolute atomic E-state index is 0. The number of nitrogens with zero attached hydrogens (tertiary/aromatic N) is 3. The van der Waals surface area contributed by atoms with Gasteiger partial charge in [0, 0.05) is 67.5 Å². The van der Waals surface area contributed by atoms with Crippen molar-refractivity contribution in [2.45, 2.75) is 31.8 Å². The van der Waals surface area contributed by atoms with Crippen molar-refractivity contribution in [1.29, 1.82) is 0 Å². The van der Waals surface area contributed by atoms with Crippen molar-refractivity contribution in [3.8, 4) is 0 Å². The molecule has 0 bridgehead atoms. The number of hydrogen-bond acceptors (Lipinski definition) is 4. The molecule has 0 atom stereocenters. The number of ether oxygens (including phenoxy) is 2. The lowest BCUT2D eigenvalue weighted by atomic mass is 10.1. The normalized spacial score (nSPS) is 15.8. The van der Waals surface area contributed by atoms with Gasteiger partial charge < -0.3 is 24.6 Å². The Morgan fingerprint density at radius 3 is 2.50 bits per heavy atom. The third kappa shape index (κ3) is 9.03. The number of carbonyl (C=O) groups is 1. The van der Waals surface area contributed by atoms with E-state index in [0.717, 1.165) is 51.5 Å². The molecule has 1 saturated heterocycles. The first kappa shape index (κ1) is 23.4. The minimum atomic E-state index is 0. The predicted octanol–water partition coefficient (Wildman–Crippen LogP) is 1.18. The number of hydrogen-bond donors (Lipinski definition) is 1. The molecular formula is C16H33IN4O3. The Hall–Kier alpha value is -0.610. The predicted molar refractivity (Wildman–Crippen MR) is 107 cm³/mol. The molecule has 0 radical (unpaired) electrons. The van der Waals surface area contributed by atoms with Crippen LogP contribution >= 0.6 is 24.0 Å². The third-order valence-electron chi connectivity index (χ3n) is 3.92. The van der Waals surface area contributed by atoms with Crippen LogP contribution in [0.4, 0.5) is 0 Å². The Morgan fingerprint density at radius 2 is 1.96 bits per heavy atom. The summed E-state index contributed by atoms with van der Waals surface area (Å²) in [6.07, 6.45) is 3.76. The number of aliphatic imine (C=N–C) groups is 1. The number of methoxy groups -OCH3 is 1. The Morgan fingerprint density at radius 1 is 1.29 bits per heavy atom. The molecule has 8 heteroatoms. The topological polar surface area (TPSA) is 66.4 Å². The maximum atomic E-state index is 11.6. The summed E-state index contributed by atoms with van der Waals surface area (Å²) < 4.78 is 10.9. The van der Waals surface area contributed by atoms with Crippen molar-refractivity contribution in [2.24, 2.45) is 4.99 Å². The number of piperidine rings is 1. The average molecular weight is 456 g/mol. The van der Waals surface area contributed by atoms with E-state index in [4.69, 9.17) is 9.47 Å². The van der Waals surface area contributed by atoms with Crippen LogP contribution < -0.4 is 5.32 Å². The van der Waals surface area contributed by atoms with Gasteiger partial charge in [0.05, 0.1) is 6.10 Å². The fraction of sp³-hybridized carbons (Fsp3) is 0.875. The highest BCUT2D eigenvalue weighted by Gasteiger charge is 2.21. The molecule has 0 aromatic rings. The van der Waals surface area contributed by atoms with Crippen LogP contribution in [0.2, 0.25) is 0 Å². The molecule has 1 aliphatic rings. The smallest absolute Gasteiger partial charge is 0.223 e. The molecule has 24 heavy (non-hydrogen) atoms. The third-order valence-corrected chi connectivity index (χ3v) is 3.92. The summed E-state index contributed by atoms with van der Waals surface area (Å²) in [5, 5.41) is 3.27. The maximum Gasteiger partial charge on any atom is 0.223 e. The highest BCUT2D eigenvalue weighted by Crippen LogP contribution is 2.14. The molecule has 1 heterocycles. The molecule has 1 rings (SSSR count). The van der Waals surface area contributed by atoms with Gasteiger partial charge in [-0.25, -0.2) is 0 Å². The number of likely N-dealkylation sites (tertiary alicyclic amines) is 1. The summed E-state index contributed by atoms with van der Waals surface area (Å²) in [5.41, 5.74) is 0. The van der Waals surface area contributed by atoms with Crippen LogP contribution in [0.3, 0.4) is 0 Å². The molecule has 0 aliphatic carbocycles. The molecule has 1 fully saturated rings. The number of guanidine groups is 1. The van der Waals surface area contributed by atoms with Crippen molar-refractivity contribution in [1.82, 2.24) is 15.1 Å². The number of rotatable bonds is 8. The fourth-order valence-corrected chi connectivity index (χ4v) is 2.52. The van der Waals surface area contributed by atoms with Crippen LogP contribution in [-0.2, 0) is 14.3 Å². The highest BCUT2D eigenvalue weighted by molar-refractivity contribution is 14.0. The second kappa shape index (κ2) is 13.7. The van der Waals surface area contributed by atoms with Crippen LogP contribution in [0.25, 0.3) is 0 Å². The zero-order valence-electron chi connectivity index (χ0n) is 15.4. The quantitative estimate of drug-likeness (QED) is 0.257. The van der Waals surface area contributed by atoms with Gasteiger partial charge in [0.1, 0.15) is 0 Å². The average Bonchev–Trinajstić information content (AvgIpc) is 2.56. The molecule has 1 aliphatic heterocycles. The number of carbonyl (C=O) groups excluding carboxylic acids is 1. The van der Waals surface area contributed by atoms with E-state index in [1.54, 1.807) is 33.2 Å². The SMILES string of the molecule is CN=C(NCCC(=O)N(C)C)N1CCC(OCCCOC)CC1.I. The summed E-state index contributed by atoms with van der Waals surface area (Å²) in [5.74, 6) is 0.991. The van der Waals surface area contributed by atoms with Crippen LogP contribution in [0.5, 0.6) is 0 Å². The van der Waals surface area contributed by atoms with Crippen molar-refractivity contribution < 1.29 is 14.3 Å². The second-order valence-electron chi connectivity index (χ2n) is 5.92. The van der Waals surface area contributed by atoms with E-state index in [2.05, 4.69) is 15.2 Å². The first-order valence-electron chi connectivity index (χ1n) is 8.34. The van der Waals surface area contributed by atoms with Gasteiger partial charge in [0.25, 0.3) is 0 Å². The van der Waals surface area contributed by atoms with E-state index in [1.165, 1.54) is 0 Å². The largest absolute Gasteiger partial charge is 0.385 e. The Kier molecular flexibility index (Phi) is 13.3. The maximum absolute atomic E-state index is 11.6. The van der Waals surface area contributed by atoms with Crippen molar-refractivity contribution >= 4 is 35.8 Å². The van der Waals surface area contributed by atoms with Gasteiger partial charge in [-0.15, -0.1) is 24.0 Å². The fourth-order valence-electron chi connectivity index (χ4n) is 2.52. The molecular weight excluding hydrogens is 423 g/mol. The van der Waals surface area contributed by atoms with Crippen LogP contribution in [-0.4, -0.2) is 88.9 Å². The molecule has 7 nitrogen and oxygen atoms in total. The number of nitrogens with one attached hydrogen (secondary N) is 1. The second-order valence-corrected chi connectivity index (χ2v) is 5.92. The van der Waals surface area contributed by atoms with Gasteiger partial charge in [-0.3, -0.25) is 9.79 Å². The lowest BCUT2D eigenvalue weighted by Gasteiger charge is -2.34. The molecule has 142 valence electrons. The Bertz CT molecular complexity index is 372. The zero-order valence-corrected chi connectivity index (χ0v) is 17.7. The van der Waals surface area contributed by atoms with Gasteiger partial charge in [-0.1, -0.05) is 0 Å². The summed E-state index contributed by atoms with van der Waals surface area (Å²) in [6.45, 7) is 3.98. The summed E-state index contributed by atoms with van der Waals surface area (Å²) >= 11 is 0. The van der Waals surface area contributed by atoms with Crippen molar-refractivity contribution in [3.05, 3.63) is 0 Å². The molecule has 0 unspecified atom stereocenters. The van der Waals surface area contributed by atoms with Gasteiger partial charge in [-0.2, -0.15) is 0 Å². The van der Waals surface area contributed by atoms with E-state index in [0.29, 0.717) is 19.1 Å². The van der Waals surface area contributed by atoms with Crippen LogP contribution in [0.1, 0.15) is 25.7 Å². The van der Waals surface area contributed by atoms with E-state index < -0.39 is 0 Å². The van der Waals surface area contributed by atoms with Crippen LogP contribution in [0, 0.1) is 0 Å². The van der Waals surface area contributed by atoms with E-state index >= 15 is 0 Å². The van der Waals surface area contributed by atoms with E-state index in [1.807, 2.05) is 0 Å². The molecule has 0 saturated carbocycles. The standard InChI is InChI=1S/C16H32N4O3.HI/c1-17-16(18-9-6-15(21)19(2)3)20-10-7-14(8-11-20)23-13-5-12-22-4;/h14H,5-13H2,1-4H3,(H,17,18);1H. The monoisotopic (exact) mass is 456 g/mol. The lowest BCUT2D eigenvalue weighted by Crippen LogP contribution is -2.47. The van der Waals surface area contributed by atoms with Crippen molar-refractivity contribution in [3.63, 3.8) is 0 Å². The molecule has 1 amide bonds. The minimum Gasteiger partial charge on any atom is -0.385 e. The molecule has 0 aromatic heterocycles. The number of amides is 1. The lowest BCUT2D eigenvalue weighted by molar-refractivity contribution is -0.128. The van der Waals surface area contributed by atoms with Crippen molar-refractivity contribution in [2.75, 3.05) is 61.1 Å². The van der Waals surface area contributed by atoms with E-state index in [9.17, 15) is 4.79 Å². The van der Waals surface area contributed by atoms with Crippen LogP contribution in [0.15, 0.2) is 4.99 Å². The Labute approximate surface area is 163 Å². The first-order valence-corrected chi connectivity index (χ1v) is 8.34. The molecule has 1 N–H and O–H groups in total. The summed E-state index contributed by atoms with van der Waals surface area (Å²) in [7, 11) is 7.04. The Balaban J connectivity index is 0.00000529. The van der Waals surface area contributed by atoms with E-state index in [-0.39, 0.29) is 29.9 Å². The molecule has 0 aromatic carbocycles. The van der Waals surface area contributed by atoms with Gasteiger partial charge in [0.2, 0.25) is 5.91 Å². The summed E-state index contributed by atoms with van der Waals surface area (Å²) in [6, 6.07) is 0. The highest BCUT2D eigenvalue weighted by atomic mass is 127. The molecule has 0 spiro atoms. The van der Waals surface area contributed by atoms with Gasteiger partial charge in [0.15, 0.2) is 5.96 Å². The first-order chi connectivity index (χ1) is 11.1. The number of halogens is 1.